The molecule has 0 aliphatic rings. The number of aliphatic hydroxyl groups is 1. The molecule has 0 aliphatic carbocycles. The second-order valence-electron chi connectivity index (χ2n) is 3.70. The normalized spacial score (nSPS) is 14.3. The van der Waals surface area contributed by atoms with Gasteiger partial charge in [-0.3, -0.25) is 4.79 Å². The molecule has 0 aliphatic heterocycles. The summed E-state index contributed by atoms with van der Waals surface area (Å²) in [6, 6.07) is 6.92. The van der Waals surface area contributed by atoms with E-state index in [1.807, 2.05) is 6.92 Å². The molecular weight excluding hydrogens is 192 g/mol. The van der Waals surface area contributed by atoms with Gasteiger partial charge in [0.1, 0.15) is 12.0 Å². The van der Waals surface area contributed by atoms with Gasteiger partial charge in [0.2, 0.25) is 0 Å². The molecule has 0 saturated carbocycles. The Morgan fingerprint density at radius 3 is 2.40 bits per heavy atom. The first-order chi connectivity index (χ1) is 7.11. The summed E-state index contributed by atoms with van der Waals surface area (Å²) in [6.45, 7) is 3.63. The van der Waals surface area contributed by atoms with Crippen LogP contribution in [-0.4, -0.2) is 23.6 Å². The molecule has 3 heteroatoms. The number of ether oxygens (including phenoxy) is 1. The average Bonchev–Trinajstić information content (AvgIpc) is 2.17. The number of hydrogen-bond acceptors (Lipinski definition) is 3. The van der Waals surface area contributed by atoms with E-state index in [4.69, 9.17) is 9.84 Å². The predicted octanol–water partition coefficient (Wildman–Crippen LogP) is 2.04. The molecular formula is C12H16O3. The molecule has 1 N–H and O–H groups in total. The summed E-state index contributed by atoms with van der Waals surface area (Å²) in [5.41, 5.74) is 0.630. The molecule has 1 aromatic carbocycles. The van der Waals surface area contributed by atoms with Crippen LogP contribution in [0.1, 0.15) is 30.6 Å². The zero-order valence-electron chi connectivity index (χ0n) is 9.01. The van der Waals surface area contributed by atoms with Crippen molar-refractivity contribution in [2.24, 2.45) is 0 Å². The van der Waals surface area contributed by atoms with E-state index in [0.717, 1.165) is 6.29 Å². The maximum Gasteiger partial charge on any atom is 0.150 e. The van der Waals surface area contributed by atoms with Crippen LogP contribution in [0.5, 0.6) is 5.75 Å². The van der Waals surface area contributed by atoms with E-state index < -0.39 is 0 Å². The third kappa shape index (κ3) is 4.13. The topological polar surface area (TPSA) is 46.5 Å². The number of benzene rings is 1. The molecule has 0 spiro atoms. The highest BCUT2D eigenvalue weighted by Crippen LogP contribution is 2.14. The van der Waals surface area contributed by atoms with Crippen molar-refractivity contribution >= 4 is 6.29 Å². The molecule has 3 nitrogen and oxygen atoms in total. The van der Waals surface area contributed by atoms with E-state index in [1.54, 1.807) is 31.2 Å². The molecule has 1 aromatic rings. The first-order valence-corrected chi connectivity index (χ1v) is 5.01. The lowest BCUT2D eigenvalue weighted by Gasteiger charge is -2.15. The van der Waals surface area contributed by atoms with Crippen molar-refractivity contribution in [3.05, 3.63) is 29.8 Å². The molecule has 1 rings (SSSR count). The van der Waals surface area contributed by atoms with E-state index in [1.165, 1.54) is 0 Å². The van der Waals surface area contributed by atoms with Crippen molar-refractivity contribution in [3.8, 4) is 5.75 Å². The largest absolute Gasteiger partial charge is 0.491 e. The molecule has 82 valence electrons. The second-order valence-corrected chi connectivity index (χ2v) is 3.70. The van der Waals surface area contributed by atoms with Gasteiger partial charge < -0.3 is 9.84 Å². The van der Waals surface area contributed by atoms with Gasteiger partial charge in [0, 0.05) is 12.0 Å². The lowest BCUT2D eigenvalue weighted by molar-refractivity contribution is 0.112. The molecule has 0 radical (unpaired) electrons. The van der Waals surface area contributed by atoms with Gasteiger partial charge in [-0.2, -0.15) is 0 Å². The fourth-order valence-electron chi connectivity index (χ4n) is 1.39. The molecule has 15 heavy (non-hydrogen) atoms. The number of carbonyl (C=O) groups excluding carboxylic acids is 1. The van der Waals surface area contributed by atoms with E-state index in [-0.39, 0.29) is 12.2 Å². The number of rotatable bonds is 5. The van der Waals surface area contributed by atoms with Crippen molar-refractivity contribution < 1.29 is 14.6 Å². The summed E-state index contributed by atoms with van der Waals surface area (Å²) in [7, 11) is 0. The van der Waals surface area contributed by atoms with Gasteiger partial charge in [-0.15, -0.1) is 0 Å². The number of aldehydes is 1. The van der Waals surface area contributed by atoms with E-state index in [0.29, 0.717) is 17.7 Å². The Morgan fingerprint density at radius 1 is 1.33 bits per heavy atom. The van der Waals surface area contributed by atoms with Crippen molar-refractivity contribution in [1.29, 1.82) is 0 Å². The Labute approximate surface area is 89.7 Å². The Kier molecular flexibility index (Phi) is 4.31. The summed E-state index contributed by atoms with van der Waals surface area (Å²) in [6.07, 6.45) is 0.986. The van der Waals surface area contributed by atoms with Crippen LogP contribution in [0.4, 0.5) is 0 Å². The molecule has 0 fully saturated rings. The lowest BCUT2D eigenvalue weighted by Crippen LogP contribution is -2.18. The zero-order valence-corrected chi connectivity index (χ0v) is 9.01. The quantitative estimate of drug-likeness (QED) is 0.753. The highest BCUT2D eigenvalue weighted by molar-refractivity contribution is 5.74. The monoisotopic (exact) mass is 208 g/mol. The highest BCUT2D eigenvalue weighted by Gasteiger charge is 2.07. The molecule has 0 bridgehead atoms. The Bertz CT molecular complexity index is 303. The molecule has 2 unspecified atom stereocenters. The fraction of sp³-hybridized carbons (Fsp3) is 0.417. The Balaban J connectivity index is 2.53. The van der Waals surface area contributed by atoms with Gasteiger partial charge in [-0.05, 0) is 38.1 Å². The number of hydrogen-bond donors (Lipinski definition) is 1. The van der Waals surface area contributed by atoms with Gasteiger partial charge in [0.15, 0.2) is 0 Å². The first kappa shape index (κ1) is 11.7. The van der Waals surface area contributed by atoms with Crippen LogP contribution in [0.25, 0.3) is 0 Å². The van der Waals surface area contributed by atoms with Crippen LogP contribution in [-0.2, 0) is 0 Å². The van der Waals surface area contributed by atoms with Crippen molar-refractivity contribution in [2.75, 3.05) is 0 Å². The smallest absolute Gasteiger partial charge is 0.150 e. The number of aliphatic hydroxyl groups excluding tert-OH is 1. The average molecular weight is 208 g/mol. The van der Waals surface area contributed by atoms with Crippen LogP contribution in [0.3, 0.4) is 0 Å². The minimum atomic E-state index is -0.366. The molecule has 0 saturated heterocycles. The molecule has 0 heterocycles. The van der Waals surface area contributed by atoms with Crippen LogP contribution < -0.4 is 4.74 Å². The summed E-state index contributed by atoms with van der Waals surface area (Å²) >= 11 is 0. The SMILES string of the molecule is CC(O)CC(C)Oc1ccc(C=O)cc1. The van der Waals surface area contributed by atoms with Crippen molar-refractivity contribution in [1.82, 2.24) is 0 Å². The molecule has 2 atom stereocenters. The van der Waals surface area contributed by atoms with E-state index in [9.17, 15) is 4.79 Å². The zero-order chi connectivity index (χ0) is 11.3. The third-order valence-electron chi connectivity index (χ3n) is 2.03. The van der Waals surface area contributed by atoms with Crippen LogP contribution in [0, 0.1) is 0 Å². The first-order valence-electron chi connectivity index (χ1n) is 5.01. The minimum Gasteiger partial charge on any atom is -0.491 e. The highest BCUT2D eigenvalue weighted by atomic mass is 16.5. The van der Waals surface area contributed by atoms with Gasteiger partial charge in [0.25, 0.3) is 0 Å². The number of carbonyl (C=O) groups is 1. The summed E-state index contributed by atoms with van der Waals surface area (Å²) < 4.78 is 5.55. The molecule has 0 aromatic heterocycles. The van der Waals surface area contributed by atoms with Crippen molar-refractivity contribution in [2.45, 2.75) is 32.5 Å². The maximum atomic E-state index is 10.4. The van der Waals surface area contributed by atoms with Crippen LogP contribution in [0.15, 0.2) is 24.3 Å². The summed E-state index contributed by atoms with van der Waals surface area (Å²) in [4.78, 5) is 10.4. The van der Waals surface area contributed by atoms with Crippen LogP contribution >= 0.6 is 0 Å². The molecule has 0 amide bonds. The summed E-state index contributed by atoms with van der Waals surface area (Å²) in [5, 5.41) is 9.16. The fourth-order valence-corrected chi connectivity index (χ4v) is 1.39. The Hall–Kier alpha value is -1.35. The van der Waals surface area contributed by atoms with E-state index in [2.05, 4.69) is 0 Å². The van der Waals surface area contributed by atoms with Gasteiger partial charge in [-0.1, -0.05) is 0 Å². The van der Waals surface area contributed by atoms with E-state index >= 15 is 0 Å². The summed E-state index contributed by atoms with van der Waals surface area (Å²) in [5.74, 6) is 0.716. The van der Waals surface area contributed by atoms with Gasteiger partial charge in [-0.25, -0.2) is 0 Å². The van der Waals surface area contributed by atoms with Gasteiger partial charge >= 0.3 is 0 Å². The van der Waals surface area contributed by atoms with Gasteiger partial charge in [0.05, 0.1) is 12.2 Å². The lowest BCUT2D eigenvalue weighted by atomic mass is 10.2. The minimum absolute atomic E-state index is 0.0351. The maximum absolute atomic E-state index is 10.4. The van der Waals surface area contributed by atoms with Crippen LogP contribution in [0.2, 0.25) is 0 Å². The second kappa shape index (κ2) is 5.51. The Morgan fingerprint density at radius 2 is 1.93 bits per heavy atom. The van der Waals surface area contributed by atoms with Crippen molar-refractivity contribution in [3.63, 3.8) is 0 Å². The third-order valence-corrected chi connectivity index (χ3v) is 2.03. The standard InChI is InChI=1S/C12H16O3/c1-9(14)7-10(2)15-12-5-3-11(8-13)4-6-12/h3-6,8-10,14H,7H2,1-2H3. The predicted molar refractivity (Wildman–Crippen MR) is 58.2 cm³/mol.